The molecular formula is C13H16ClNO3S. The Hall–Kier alpha value is -0.780. The Labute approximate surface area is 120 Å². The van der Waals surface area contributed by atoms with Gasteiger partial charge in [0.25, 0.3) is 0 Å². The smallest absolute Gasteiger partial charge is 0.349 e. The van der Waals surface area contributed by atoms with Crippen LogP contribution in [-0.2, 0) is 0 Å². The van der Waals surface area contributed by atoms with E-state index in [1.54, 1.807) is 6.07 Å². The van der Waals surface area contributed by atoms with Gasteiger partial charge >= 0.3 is 5.97 Å². The van der Waals surface area contributed by atoms with Gasteiger partial charge < -0.3 is 14.7 Å². The van der Waals surface area contributed by atoms with Crippen LogP contribution in [0.3, 0.4) is 0 Å². The molecule has 1 aromatic rings. The molecule has 0 amide bonds. The summed E-state index contributed by atoms with van der Waals surface area (Å²) in [6.45, 7) is 0. The molecule has 2 aliphatic rings. The van der Waals surface area contributed by atoms with Gasteiger partial charge in [-0.25, -0.2) is 4.79 Å². The van der Waals surface area contributed by atoms with Crippen molar-refractivity contribution in [1.82, 2.24) is 4.90 Å². The van der Waals surface area contributed by atoms with Gasteiger partial charge in [0.1, 0.15) is 11.9 Å². The van der Waals surface area contributed by atoms with Gasteiger partial charge in [0, 0.05) is 18.2 Å². The van der Waals surface area contributed by atoms with Crippen molar-refractivity contribution in [3.63, 3.8) is 0 Å². The maximum absolute atomic E-state index is 11.1. The molecule has 6 heteroatoms. The van der Waals surface area contributed by atoms with Crippen molar-refractivity contribution in [2.75, 3.05) is 7.05 Å². The van der Waals surface area contributed by atoms with Crippen LogP contribution in [0.1, 0.15) is 35.4 Å². The second-order valence-electron chi connectivity index (χ2n) is 5.31. The SMILES string of the molecule is CN1[C@@H]2CC[C@H]1CC(Oc1cc(Cl)sc1C(=O)O)C2. The zero-order valence-corrected chi connectivity index (χ0v) is 12.2. The monoisotopic (exact) mass is 301 g/mol. The van der Waals surface area contributed by atoms with Gasteiger partial charge in [-0.05, 0) is 32.7 Å². The van der Waals surface area contributed by atoms with E-state index >= 15 is 0 Å². The number of halogens is 1. The molecule has 0 aliphatic carbocycles. The predicted octanol–water partition coefficient (Wildman–Crippen LogP) is 3.10. The molecule has 0 aromatic carbocycles. The number of fused-ring (bicyclic) bond motifs is 2. The highest BCUT2D eigenvalue weighted by Crippen LogP contribution is 2.39. The van der Waals surface area contributed by atoms with Crippen LogP contribution in [0.2, 0.25) is 4.34 Å². The molecule has 3 heterocycles. The van der Waals surface area contributed by atoms with Gasteiger partial charge in [-0.2, -0.15) is 0 Å². The molecule has 0 spiro atoms. The molecule has 1 aromatic heterocycles. The summed E-state index contributed by atoms with van der Waals surface area (Å²) in [7, 11) is 2.17. The molecule has 2 fully saturated rings. The number of rotatable bonds is 3. The molecule has 2 aliphatic heterocycles. The van der Waals surface area contributed by atoms with Gasteiger partial charge in [-0.3, -0.25) is 0 Å². The minimum absolute atomic E-state index is 0.109. The zero-order chi connectivity index (χ0) is 13.6. The van der Waals surface area contributed by atoms with Crippen LogP contribution in [-0.4, -0.2) is 41.2 Å². The summed E-state index contributed by atoms with van der Waals surface area (Å²) in [6.07, 6.45) is 4.49. The average Bonchev–Trinajstić information content (AvgIpc) is 2.78. The van der Waals surface area contributed by atoms with Crippen LogP contribution in [0.4, 0.5) is 0 Å². The van der Waals surface area contributed by atoms with Crippen LogP contribution < -0.4 is 4.74 Å². The Morgan fingerprint density at radius 3 is 2.68 bits per heavy atom. The van der Waals surface area contributed by atoms with Gasteiger partial charge in [-0.15, -0.1) is 11.3 Å². The minimum atomic E-state index is -0.970. The summed E-state index contributed by atoms with van der Waals surface area (Å²) in [5.74, 6) is -0.542. The number of aromatic carboxylic acids is 1. The third-order valence-electron chi connectivity index (χ3n) is 4.21. The Morgan fingerprint density at radius 1 is 1.47 bits per heavy atom. The Balaban J connectivity index is 1.74. The number of thiophene rings is 1. The fourth-order valence-electron chi connectivity index (χ4n) is 3.22. The number of carboxylic acid groups (broad SMARTS) is 1. The van der Waals surface area contributed by atoms with Crippen LogP contribution >= 0.6 is 22.9 Å². The number of carboxylic acids is 1. The van der Waals surface area contributed by atoms with E-state index in [2.05, 4.69) is 11.9 Å². The van der Waals surface area contributed by atoms with Crippen LogP contribution in [0.15, 0.2) is 6.07 Å². The van der Waals surface area contributed by atoms with Crippen molar-refractivity contribution < 1.29 is 14.6 Å². The fourth-order valence-corrected chi connectivity index (χ4v) is 4.21. The molecule has 2 bridgehead atoms. The highest BCUT2D eigenvalue weighted by Gasteiger charge is 2.39. The Kier molecular flexibility index (Phi) is 3.45. The van der Waals surface area contributed by atoms with E-state index in [9.17, 15) is 4.79 Å². The molecule has 0 radical (unpaired) electrons. The van der Waals surface area contributed by atoms with E-state index in [0.717, 1.165) is 24.2 Å². The van der Waals surface area contributed by atoms with Crippen molar-refractivity contribution in [2.24, 2.45) is 0 Å². The maximum Gasteiger partial charge on any atom is 0.349 e. The van der Waals surface area contributed by atoms with E-state index < -0.39 is 5.97 Å². The number of hydrogen-bond donors (Lipinski definition) is 1. The molecule has 1 N–H and O–H groups in total. The molecule has 19 heavy (non-hydrogen) atoms. The van der Waals surface area contributed by atoms with E-state index in [1.165, 1.54) is 12.8 Å². The first-order valence-electron chi connectivity index (χ1n) is 6.46. The summed E-state index contributed by atoms with van der Waals surface area (Å²) < 4.78 is 6.38. The fraction of sp³-hybridized carbons (Fsp3) is 0.615. The topological polar surface area (TPSA) is 49.8 Å². The van der Waals surface area contributed by atoms with Gasteiger partial charge in [0.2, 0.25) is 0 Å². The van der Waals surface area contributed by atoms with Crippen molar-refractivity contribution in [3.8, 4) is 5.75 Å². The lowest BCUT2D eigenvalue weighted by Crippen LogP contribution is -2.43. The minimum Gasteiger partial charge on any atom is -0.488 e. The molecule has 0 saturated carbocycles. The van der Waals surface area contributed by atoms with E-state index in [-0.39, 0.29) is 11.0 Å². The molecular weight excluding hydrogens is 286 g/mol. The van der Waals surface area contributed by atoms with Crippen molar-refractivity contribution >= 4 is 28.9 Å². The number of nitrogens with zero attached hydrogens (tertiary/aromatic N) is 1. The first-order valence-corrected chi connectivity index (χ1v) is 7.65. The van der Waals surface area contributed by atoms with Crippen molar-refractivity contribution in [3.05, 3.63) is 15.3 Å². The summed E-state index contributed by atoms with van der Waals surface area (Å²) in [5, 5.41) is 9.13. The standard InChI is InChI=1S/C13H16ClNO3S/c1-15-7-2-3-8(15)5-9(4-7)18-10-6-11(14)19-12(10)13(16)17/h6-9H,2-5H2,1H3,(H,16,17)/t7-,8+,9?. The Bertz CT molecular complexity index is 490. The Morgan fingerprint density at radius 2 is 2.11 bits per heavy atom. The predicted molar refractivity (Wildman–Crippen MR) is 74.5 cm³/mol. The van der Waals surface area contributed by atoms with E-state index in [0.29, 0.717) is 22.2 Å². The number of piperidine rings is 1. The molecule has 1 unspecified atom stereocenters. The third-order valence-corrected chi connectivity index (χ3v) is 5.44. The highest BCUT2D eigenvalue weighted by atomic mass is 35.5. The molecule has 3 rings (SSSR count). The second kappa shape index (κ2) is 4.96. The number of ether oxygens (including phenoxy) is 1. The normalized spacial score (nSPS) is 30.5. The lowest BCUT2D eigenvalue weighted by molar-refractivity contribution is 0.0614. The zero-order valence-electron chi connectivity index (χ0n) is 10.6. The first-order chi connectivity index (χ1) is 9.04. The van der Waals surface area contributed by atoms with Crippen LogP contribution in [0, 0.1) is 0 Å². The lowest BCUT2D eigenvalue weighted by atomic mass is 10.0. The molecule has 3 atom stereocenters. The van der Waals surface area contributed by atoms with Gasteiger partial charge in [-0.1, -0.05) is 11.6 Å². The highest BCUT2D eigenvalue weighted by molar-refractivity contribution is 7.18. The summed E-state index contributed by atoms with van der Waals surface area (Å²) in [5.41, 5.74) is 0. The maximum atomic E-state index is 11.1. The third kappa shape index (κ3) is 2.47. The lowest BCUT2D eigenvalue weighted by Gasteiger charge is -2.36. The van der Waals surface area contributed by atoms with E-state index in [4.69, 9.17) is 21.4 Å². The largest absolute Gasteiger partial charge is 0.488 e. The van der Waals surface area contributed by atoms with Gasteiger partial charge in [0.05, 0.1) is 4.34 Å². The molecule has 2 saturated heterocycles. The quantitative estimate of drug-likeness (QED) is 0.932. The number of hydrogen-bond acceptors (Lipinski definition) is 4. The summed E-state index contributed by atoms with van der Waals surface area (Å²) in [6, 6.07) is 2.77. The van der Waals surface area contributed by atoms with Crippen molar-refractivity contribution in [1.29, 1.82) is 0 Å². The van der Waals surface area contributed by atoms with Crippen LogP contribution in [0.25, 0.3) is 0 Å². The second-order valence-corrected chi connectivity index (χ2v) is 6.99. The average molecular weight is 302 g/mol. The summed E-state index contributed by atoms with van der Waals surface area (Å²) >= 11 is 6.95. The van der Waals surface area contributed by atoms with E-state index in [1.807, 2.05) is 0 Å². The van der Waals surface area contributed by atoms with Crippen LogP contribution in [0.5, 0.6) is 5.75 Å². The van der Waals surface area contributed by atoms with Gasteiger partial charge in [0.15, 0.2) is 4.88 Å². The molecule has 104 valence electrons. The summed E-state index contributed by atoms with van der Waals surface area (Å²) in [4.78, 5) is 13.8. The first kappa shape index (κ1) is 13.2. The molecule has 4 nitrogen and oxygen atoms in total. The van der Waals surface area contributed by atoms with Crippen molar-refractivity contribution in [2.45, 2.75) is 43.9 Å². The number of carbonyl (C=O) groups is 1.